The first kappa shape index (κ1) is 23.9. The van der Waals surface area contributed by atoms with E-state index in [4.69, 9.17) is 5.11 Å². The number of nitrogens with one attached hydrogen (secondary N) is 2. The Labute approximate surface area is 223 Å². The van der Waals surface area contributed by atoms with Crippen molar-refractivity contribution in [2.75, 3.05) is 15.5 Å². The zero-order valence-electron chi connectivity index (χ0n) is 20.7. The van der Waals surface area contributed by atoms with E-state index in [1.54, 1.807) is 23.2 Å². The van der Waals surface area contributed by atoms with Crippen molar-refractivity contribution in [3.63, 3.8) is 0 Å². The Bertz CT molecular complexity index is 1740. The number of rotatable bonds is 5. The summed E-state index contributed by atoms with van der Waals surface area (Å²) in [7, 11) is 0. The molecule has 1 aliphatic heterocycles. The number of hydrogen-bond donors (Lipinski definition) is 3. The first-order chi connectivity index (χ1) is 19.0. The second-order valence-electron chi connectivity index (χ2n) is 9.15. The number of carboxylic acid groups (broad SMARTS) is 1. The molecule has 0 radical (unpaired) electrons. The molecular weight excluding hydrogens is 494 g/mol. The molecule has 4 aromatic carbocycles. The fourth-order valence-electron chi connectivity index (χ4n) is 4.93. The first-order valence-corrected chi connectivity index (χ1v) is 12.3. The Kier molecular flexibility index (Phi) is 6.01. The minimum atomic E-state index is -1.13. The molecule has 0 saturated heterocycles. The Balaban J connectivity index is 1.34. The van der Waals surface area contributed by atoms with Crippen molar-refractivity contribution in [3.05, 3.63) is 103 Å². The number of amides is 3. The van der Waals surface area contributed by atoms with Crippen LogP contribution in [0.15, 0.2) is 97.3 Å². The van der Waals surface area contributed by atoms with Crippen molar-refractivity contribution in [3.8, 4) is 11.4 Å². The van der Waals surface area contributed by atoms with E-state index in [0.717, 1.165) is 21.9 Å². The van der Waals surface area contributed by atoms with Crippen LogP contribution in [0.25, 0.3) is 22.2 Å². The highest BCUT2D eigenvalue weighted by Crippen LogP contribution is 2.40. The lowest BCUT2D eigenvalue weighted by atomic mass is 10.1. The zero-order valence-corrected chi connectivity index (χ0v) is 20.7. The van der Waals surface area contributed by atoms with Crippen LogP contribution in [-0.4, -0.2) is 32.6 Å². The summed E-state index contributed by atoms with van der Waals surface area (Å²) >= 11 is 0. The molecule has 39 heavy (non-hydrogen) atoms. The van der Waals surface area contributed by atoms with E-state index in [-0.39, 0.29) is 18.2 Å². The maximum absolute atomic E-state index is 13.2. The van der Waals surface area contributed by atoms with Crippen LogP contribution in [0.4, 0.5) is 27.5 Å². The molecule has 0 unspecified atom stereocenters. The molecule has 0 atom stereocenters. The van der Waals surface area contributed by atoms with Crippen molar-refractivity contribution < 1.29 is 19.5 Å². The second kappa shape index (κ2) is 9.79. The van der Waals surface area contributed by atoms with Crippen molar-refractivity contribution in [1.82, 2.24) is 9.55 Å². The van der Waals surface area contributed by atoms with E-state index in [2.05, 4.69) is 15.6 Å². The van der Waals surface area contributed by atoms with Crippen LogP contribution in [0.5, 0.6) is 0 Å². The van der Waals surface area contributed by atoms with Gasteiger partial charge in [-0.2, -0.15) is 0 Å². The predicted octanol–water partition coefficient (Wildman–Crippen LogP) is 5.85. The van der Waals surface area contributed by atoms with Gasteiger partial charge in [0.1, 0.15) is 12.2 Å². The average Bonchev–Trinajstić information content (AvgIpc) is 3.34. The summed E-state index contributed by atoms with van der Waals surface area (Å²) in [6, 6.07) is 26.1. The standard InChI is InChI=1S/C30H23N5O4/c36-26-17-27(37)35(25-14-11-19-5-1-3-7-23(19)28(25)33-26)22-12-9-20(10-13-22)29-31-15-16-34(29)18-21-6-2-4-8-24(21)32-30(38)39/h1-16,32H,17-18H2,(H,33,36)(H,38,39). The number of carbonyl (C=O) groups excluding carboxylic acids is 2. The summed E-state index contributed by atoms with van der Waals surface area (Å²) in [6.07, 6.45) is 2.13. The fourth-order valence-corrected chi connectivity index (χ4v) is 4.93. The second-order valence-corrected chi connectivity index (χ2v) is 9.15. The van der Waals surface area contributed by atoms with Crippen LogP contribution in [0.2, 0.25) is 0 Å². The predicted molar refractivity (Wildman–Crippen MR) is 149 cm³/mol. The van der Waals surface area contributed by atoms with Gasteiger partial charge in [-0.25, -0.2) is 9.78 Å². The van der Waals surface area contributed by atoms with Crippen LogP contribution >= 0.6 is 0 Å². The molecule has 192 valence electrons. The number of imidazole rings is 1. The highest BCUT2D eigenvalue weighted by Gasteiger charge is 2.28. The van der Waals surface area contributed by atoms with E-state index >= 15 is 0 Å². The summed E-state index contributed by atoms with van der Waals surface area (Å²) in [5.74, 6) is 0.0202. The maximum atomic E-state index is 13.2. The third kappa shape index (κ3) is 4.57. The molecule has 3 N–H and O–H groups in total. The van der Waals surface area contributed by atoms with Crippen LogP contribution in [0.3, 0.4) is 0 Å². The van der Waals surface area contributed by atoms with E-state index in [9.17, 15) is 14.4 Å². The van der Waals surface area contributed by atoms with Gasteiger partial charge < -0.3 is 15.0 Å². The van der Waals surface area contributed by atoms with Crippen molar-refractivity contribution >= 4 is 51.4 Å². The van der Waals surface area contributed by atoms with Crippen molar-refractivity contribution in [2.45, 2.75) is 13.0 Å². The van der Waals surface area contributed by atoms with Crippen LogP contribution in [0.1, 0.15) is 12.0 Å². The van der Waals surface area contributed by atoms with Gasteiger partial charge in [0.05, 0.1) is 17.9 Å². The minimum Gasteiger partial charge on any atom is -0.465 e. The summed E-state index contributed by atoms with van der Waals surface area (Å²) in [6.45, 7) is 0.409. The van der Waals surface area contributed by atoms with Gasteiger partial charge in [0.2, 0.25) is 11.8 Å². The Morgan fingerprint density at radius 2 is 1.72 bits per heavy atom. The summed E-state index contributed by atoms with van der Waals surface area (Å²) in [4.78, 5) is 43.0. The van der Waals surface area contributed by atoms with E-state index in [1.807, 2.05) is 83.6 Å². The third-order valence-electron chi connectivity index (χ3n) is 6.67. The number of aromatic nitrogens is 2. The lowest BCUT2D eigenvalue weighted by Gasteiger charge is -2.23. The molecule has 3 amide bonds. The minimum absolute atomic E-state index is 0.265. The molecule has 1 aromatic heterocycles. The number of para-hydroxylation sites is 1. The molecule has 9 heteroatoms. The number of nitrogens with zero attached hydrogens (tertiary/aromatic N) is 3. The molecule has 1 aliphatic rings. The molecule has 0 spiro atoms. The summed E-state index contributed by atoms with van der Waals surface area (Å²) in [5, 5.41) is 16.3. The monoisotopic (exact) mass is 517 g/mol. The fraction of sp³-hybridized carbons (Fsp3) is 0.0667. The third-order valence-corrected chi connectivity index (χ3v) is 6.67. The van der Waals surface area contributed by atoms with Crippen molar-refractivity contribution in [1.29, 1.82) is 0 Å². The zero-order chi connectivity index (χ0) is 26.9. The molecule has 5 aromatic rings. The van der Waals surface area contributed by atoms with Gasteiger partial charge in [-0.05, 0) is 47.3 Å². The first-order valence-electron chi connectivity index (χ1n) is 12.3. The number of hydrogen-bond acceptors (Lipinski definition) is 4. The van der Waals surface area contributed by atoms with Gasteiger partial charge in [0, 0.05) is 34.7 Å². The number of benzene rings is 4. The molecule has 0 bridgehead atoms. The molecule has 0 aliphatic carbocycles. The largest absolute Gasteiger partial charge is 0.465 e. The highest BCUT2D eigenvalue weighted by atomic mass is 16.4. The van der Waals surface area contributed by atoms with Crippen LogP contribution < -0.4 is 15.5 Å². The molecule has 6 rings (SSSR count). The molecule has 0 saturated carbocycles. The van der Waals surface area contributed by atoms with Gasteiger partial charge in [-0.1, -0.05) is 48.5 Å². The topological polar surface area (TPSA) is 117 Å². The molecule has 9 nitrogen and oxygen atoms in total. The van der Waals surface area contributed by atoms with Crippen LogP contribution in [0, 0.1) is 0 Å². The van der Waals surface area contributed by atoms with E-state index in [0.29, 0.717) is 35.1 Å². The number of carbonyl (C=O) groups is 3. The van der Waals surface area contributed by atoms with Gasteiger partial charge >= 0.3 is 6.09 Å². The molecule has 0 fully saturated rings. The van der Waals surface area contributed by atoms with Gasteiger partial charge in [-0.15, -0.1) is 0 Å². The lowest BCUT2D eigenvalue weighted by molar-refractivity contribution is -0.124. The Morgan fingerprint density at radius 1 is 0.949 bits per heavy atom. The van der Waals surface area contributed by atoms with Gasteiger partial charge in [0.25, 0.3) is 0 Å². The number of fused-ring (bicyclic) bond motifs is 3. The smallest absolute Gasteiger partial charge is 0.409 e. The van der Waals surface area contributed by atoms with Crippen molar-refractivity contribution in [2.24, 2.45) is 0 Å². The Hall–Kier alpha value is -5.44. The lowest BCUT2D eigenvalue weighted by Crippen LogP contribution is -2.26. The van der Waals surface area contributed by atoms with E-state index < -0.39 is 6.09 Å². The summed E-state index contributed by atoms with van der Waals surface area (Å²) in [5.41, 5.74) is 3.98. The van der Waals surface area contributed by atoms with Crippen LogP contribution in [-0.2, 0) is 16.1 Å². The average molecular weight is 518 g/mol. The quantitative estimate of drug-likeness (QED) is 0.253. The van der Waals surface area contributed by atoms with Gasteiger partial charge in [0.15, 0.2) is 0 Å². The highest BCUT2D eigenvalue weighted by molar-refractivity contribution is 6.21. The van der Waals surface area contributed by atoms with Gasteiger partial charge in [-0.3, -0.25) is 19.8 Å². The molecule has 2 heterocycles. The SMILES string of the molecule is O=C(O)Nc1ccccc1Cn1ccnc1-c1ccc(N2C(=O)CC(=O)Nc3c2ccc2ccccc32)cc1. The Morgan fingerprint density at radius 3 is 2.54 bits per heavy atom. The molecular formula is C30H23N5O4. The normalized spacial score (nSPS) is 13.1. The maximum Gasteiger partial charge on any atom is 0.409 e. The van der Waals surface area contributed by atoms with E-state index in [1.165, 1.54) is 0 Å². The summed E-state index contributed by atoms with van der Waals surface area (Å²) < 4.78 is 1.93. The number of anilines is 4.